The molecule has 6 nitrogen and oxygen atoms in total. The molecule has 0 unspecified atom stereocenters. The van der Waals surface area contributed by atoms with Crippen LogP contribution in [0.5, 0.6) is 11.5 Å². The van der Waals surface area contributed by atoms with Gasteiger partial charge in [-0.25, -0.2) is 4.98 Å². The number of nitrogens with zero attached hydrogens (tertiary/aromatic N) is 1. The Labute approximate surface area is 80.2 Å². The van der Waals surface area contributed by atoms with E-state index in [4.69, 9.17) is 9.84 Å². The Morgan fingerprint density at radius 2 is 2.43 bits per heavy atom. The summed E-state index contributed by atoms with van der Waals surface area (Å²) in [6.07, 6.45) is 1.32. The highest BCUT2D eigenvalue weighted by Crippen LogP contribution is 2.27. The lowest BCUT2D eigenvalue weighted by atomic mass is 10.3. The molecular formula is C8H10N2O4. The van der Waals surface area contributed by atoms with E-state index in [-0.39, 0.29) is 17.2 Å². The highest BCUT2D eigenvalue weighted by molar-refractivity contribution is 5.95. The lowest BCUT2D eigenvalue weighted by molar-refractivity contribution is 0.0901. The second kappa shape index (κ2) is 4.43. The topological polar surface area (TPSA) is 91.7 Å². The van der Waals surface area contributed by atoms with Gasteiger partial charge in [0.2, 0.25) is 0 Å². The van der Waals surface area contributed by atoms with Gasteiger partial charge >= 0.3 is 0 Å². The zero-order chi connectivity index (χ0) is 10.6. The van der Waals surface area contributed by atoms with Gasteiger partial charge in [-0.2, -0.15) is 0 Å². The van der Waals surface area contributed by atoms with Crippen LogP contribution in [0.25, 0.3) is 0 Å². The number of aromatic nitrogens is 1. The van der Waals surface area contributed by atoms with Gasteiger partial charge in [-0.3, -0.25) is 4.79 Å². The molecule has 1 aromatic rings. The summed E-state index contributed by atoms with van der Waals surface area (Å²) in [6.45, 7) is -0.517. The number of rotatable bonds is 3. The molecule has 14 heavy (non-hydrogen) atoms. The molecule has 3 N–H and O–H groups in total. The Balaban J connectivity index is 3.03. The molecule has 0 saturated carbocycles. The van der Waals surface area contributed by atoms with E-state index in [0.717, 1.165) is 0 Å². The van der Waals surface area contributed by atoms with Gasteiger partial charge in [0.1, 0.15) is 6.73 Å². The van der Waals surface area contributed by atoms with Crippen molar-refractivity contribution in [1.82, 2.24) is 10.3 Å². The van der Waals surface area contributed by atoms with Gasteiger partial charge < -0.3 is 20.3 Å². The number of aliphatic hydroxyl groups excluding tert-OH is 1. The Kier molecular flexibility index (Phi) is 3.24. The number of nitrogens with one attached hydrogen (secondary N) is 1. The quantitative estimate of drug-likeness (QED) is 0.568. The van der Waals surface area contributed by atoms with Crippen molar-refractivity contribution in [2.75, 3.05) is 13.8 Å². The van der Waals surface area contributed by atoms with Crippen molar-refractivity contribution in [2.45, 2.75) is 0 Å². The average molecular weight is 198 g/mol. The molecule has 0 radical (unpaired) electrons. The fraction of sp³-hybridized carbons (Fsp3) is 0.250. The van der Waals surface area contributed by atoms with E-state index < -0.39 is 12.6 Å². The Bertz CT molecular complexity index is 340. The first kappa shape index (κ1) is 10.3. The highest BCUT2D eigenvalue weighted by atomic mass is 16.5. The van der Waals surface area contributed by atoms with Crippen LogP contribution in [0.2, 0.25) is 0 Å². The van der Waals surface area contributed by atoms with Gasteiger partial charge in [0.25, 0.3) is 5.91 Å². The Morgan fingerprint density at radius 1 is 1.71 bits per heavy atom. The van der Waals surface area contributed by atoms with Crippen LogP contribution in [-0.4, -0.2) is 34.9 Å². The van der Waals surface area contributed by atoms with Crippen LogP contribution < -0.4 is 10.1 Å². The number of methoxy groups -OCH3 is 1. The number of aromatic hydroxyl groups is 1. The minimum absolute atomic E-state index is 0.156. The van der Waals surface area contributed by atoms with E-state index in [1.54, 1.807) is 0 Å². The molecule has 1 rings (SSSR count). The maximum Gasteiger partial charge on any atom is 0.275 e. The summed E-state index contributed by atoms with van der Waals surface area (Å²) in [5, 5.41) is 20.0. The van der Waals surface area contributed by atoms with Crippen molar-refractivity contribution in [2.24, 2.45) is 0 Å². The Morgan fingerprint density at radius 3 is 3.00 bits per heavy atom. The molecule has 0 aliphatic rings. The maximum atomic E-state index is 11.2. The fourth-order valence-electron chi connectivity index (χ4n) is 0.923. The predicted octanol–water partition coefficient (Wildman–Crippen LogP) is -0.525. The summed E-state index contributed by atoms with van der Waals surface area (Å²) >= 11 is 0. The van der Waals surface area contributed by atoms with E-state index in [1.165, 1.54) is 19.4 Å². The van der Waals surface area contributed by atoms with Gasteiger partial charge in [0, 0.05) is 12.3 Å². The zero-order valence-electron chi connectivity index (χ0n) is 7.52. The smallest absolute Gasteiger partial charge is 0.275 e. The normalized spacial score (nSPS) is 9.57. The second-order valence-electron chi connectivity index (χ2n) is 2.37. The largest absolute Gasteiger partial charge is 0.503 e. The number of hydrogen-bond donors (Lipinski definition) is 3. The first-order chi connectivity index (χ1) is 6.70. The van der Waals surface area contributed by atoms with Crippen molar-refractivity contribution < 1.29 is 19.7 Å². The SMILES string of the molecule is COc1ccnc(C(=O)NCO)c1O. The van der Waals surface area contributed by atoms with Crippen LogP contribution in [-0.2, 0) is 0 Å². The number of carbonyl (C=O) groups is 1. The molecule has 0 spiro atoms. The minimum Gasteiger partial charge on any atom is -0.503 e. The molecule has 0 aromatic carbocycles. The van der Waals surface area contributed by atoms with E-state index in [2.05, 4.69) is 10.3 Å². The van der Waals surface area contributed by atoms with Crippen molar-refractivity contribution in [3.63, 3.8) is 0 Å². The van der Waals surface area contributed by atoms with Crippen LogP contribution in [0.1, 0.15) is 10.5 Å². The molecule has 0 saturated heterocycles. The second-order valence-corrected chi connectivity index (χ2v) is 2.37. The van der Waals surface area contributed by atoms with Crippen molar-refractivity contribution in [3.8, 4) is 11.5 Å². The van der Waals surface area contributed by atoms with Crippen LogP contribution in [0.4, 0.5) is 0 Å². The molecule has 0 fully saturated rings. The van der Waals surface area contributed by atoms with Gasteiger partial charge in [-0.15, -0.1) is 0 Å². The molecule has 1 heterocycles. The van der Waals surface area contributed by atoms with Gasteiger partial charge in [0.05, 0.1) is 7.11 Å². The van der Waals surface area contributed by atoms with Gasteiger partial charge in [-0.1, -0.05) is 0 Å². The number of carbonyl (C=O) groups excluding carboxylic acids is 1. The standard InChI is InChI=1S/C8H10N2O4/c1-14-5-2-3-9-6(7(5)12)8(13)10-4-11/h2-3,11-12H,4H2,1H3,(H,10,13). The lowest BCUT2D eigenvalue weighted by Crippen LogP contribution is -2.25. The first-order valence-electron chi connectivity index (χ1n) is 3.81. The van der Waals surface area contributed by atoms with E-state index >= 15 is 0 Å². The van der Waals surface area contributed by atoms with Crippen molar-refractivity contribution in [3.05, 3.63) is 18.0 Å². The third-order valence-electron chi connectivity index (χ3n) is 1.56. The highest BCUT2D eigenvalue weighted by Gasteiger charge is 2.15. The summed E-state index contributed by atoms with van der Waals surface area (Å²) in [4.78, 5) is 14.8. The summed E-state index contributed by atoms with van der Waals surface area (Å²) < 4.78 is 4.78. The van der Waals surface area contributed by atoms with Crippen LogP contribution in [0.15, 0.2) is 12.3 Å². The van der Waals surface area contributed by atoms with Crippen molar-refractivity contribution in [1.29, 1.82) is 0 Å². The van der Waals surface area contributed by atoms with Crippen molar-refractivity contribution >= 4 is 5.91 Å². The molecule has 1 amide bonds. The van der Waals surface area contributed by atoms with Crippen LogP contribution in [0, 0.1) is 0 Å². The Hall–Kier alpha value is -1.82. The monoisotopic (exact) mass is 198 g/mol. The molecule has 0 aliphatic heterocycles. The fourth-order valence-corrected chi connectivity index (χ4v) is 0.923. The van der Waals surface area contributed by atoms with Gasteiger partial charge in [-0.05, 0) is 0 Å². The summed E-state index contributed by atoms with van der Waals surface area (Å²) in [5.74, 6) is -0.854. The maximum absolute atomic E-state index is 11.2. The molecule has 0 atom stereocenters. The number of aliphatic hydroxyl groups is 1. The average Bonchev–Trinajstić information content (AvgIpc) is 2.18. The molecule has 1 aromatic heterocycles. The summed E-state index contributed by atoms with van der Waals surface area (Å²) in [7, 11) is 1.36. The van der Waals surface area contributed by atoms with Crippen LogP contribution >= 0.6 is 0 Å². The number of ether oxygens (including phenoxy) is 1. The summed E-state index contributed by atoms with van der Waals surface area (Å²) in [6, 6.07) is 1.42. The third kappa shape index (κ3) is 1.91. The molecule has 0 bridgehead atoms. The zero-order valence-corrected chi connectivity index (χ0v) is 7.52. The van der Waals surface area contributed by atoms with Gasteiger partial charge in [0.15, 0.2) is 17.2 Å². The third-order valence-corrected chi connectivity index (χ3v) is 1.56. The minimum atomic E-state index is -0.663. The number of hydrogen-bond acceptors (Lipinski definition) is 5. The van der Waals surface area contributed by atoms with E-state index in [9.17, 15) is 9.90 Å². The van der Waals surface area contributed by atoms with E-state index in [0.29, 0.717) is 0 Å². The molecular weight excluding hydrogens is 188 g/mol. The molecule has 76 valence electrons. The molecule has 0 aliphatic carbocycles. The molecule has 6 heteroatoms. The number of amides is 1. The van der Waals surface area contributed by atoms with Crippen LogP contribution in [0.3, 0.4) is 0 Å². The predicted molar refractivity (Wildman–Crippen MR) is 47.0 cm³/mol. The lowest BCUT2D eigenvalue weighted by Gasteiger charge is -2.06. The first-order valence-corrected chi connectivity index (χ1v) is 3.81. The summed E-state index contributed by atoms with van der Waals surface area (Å²) in [5.41, 5.74) is -0.182. The number of pyridine rings is 1. The van der Waals surface area contributed by atoms with E-state index in [1.807, 2.05) is 0 Å².